The van der Waals surface area contributed by atoms with Crippen molar-refractivity contribution in [1.82, 2.24) is 19.8 Å². The minimum Gasteiger partial charge on any atom is -0.336 e. The number of carbonyl (C=O) groups excluding carboxylic acids is 1. The van der Waals surface area contributed by atoms with E-state index in [1.165, 1.54) is 15.4 Å². The third-order valence-electron chi connectivity index (χ3n) is 4.21. The van der Waals surface area contributed by atoms with E-state index in [1.54, 1.807) is 11.3 Å². The molecule has 2 N–H and O–H groups in total. The number of nitrogens with zero attached hydrogens (tertiary/aromatic N) is 2. The second-order valence-corrected chi connectivity index (χ2v) is 9.25. The molecule has 1 aliphatic heterocycles. The molecular formula is C15H26N4O3S2. The number of thiophene rings is 1. The van der Waals surface area contributed by atoms with E-state index in [0.29, 0.717) is 32.5 Å². The van der Waals surface area contributed by atoms with Crippen molar-refractivity contribution >= 4 is 27.4 Å². The van der Waals surface area contributed by atoms with Gasteiger partial charge in [-0.3, -0.25) is 0 Å². The Balaban J connectivity index is 1.77. The summed E-state index contributed by atoms with van der Waals surface area (Å²) in [6, 6.07) is 4.03. The lowest BCUT2D eigenvalue weighted by Crippen LogP contribution is -2.49. The Bertz CT molecular complexity index is 623. The number of urea groups is 1. The van der Waals surface area contributed by atoms with Gasteiger partial charge in [-0.05, 0) is 38.4 Å². The molecule has 2 amide bonds. The van der Waals surface area contributed by atoms with Crippen molar-refractivity contribution in [2.75, 3.05) is 40.0 Å². The first-order chi connectivity index (χ1) is 11.3. The molecule has 136 valence electrons. The van der Waals surface area contributed by atoms with Gasteiger partial charge in [-0.15, -0.1) is 11.3 Å². The quantitative estimate of drug-likeness (QED) is 0.781. The number of rotatable bonds is 6. The van der Waals surface area contributed by atoms with Gasteiger partial charge in [0, 0.05) is 30.6 Å². The summed E-state index contributed by atoms with van der Waals surface area (Å²) < 4.78 is 24.4. The zero-order valence-electron chi connectivity index (χ0n) is 14.4. The number of piperidine rings is 1. The summed E-state index contributed by atoms with van der Waals surface area (Å²) in [4.78, 5) is 15.4. The number of carbonyl (C=O) groups is 1. The summed E-state index contributed by atoms with van der Waals surface area (Å²) in [6.45, 7) is 1.44. The molecule has 0 radical (unpaired) electrons. The highest BCUT2D eigenvalue weighted by atomic mass is 32.2. The fraction of sp³-hybridized carbons (Fsp3) is 0.667. The first-order valence-electron chi connectivity index (χ1n) is 7.96. The number of sulfonamides is 1. The number of hydrogen-bond acceptors (Lipinski definition) is 5. The second kappa shape index (κ2) is 8.28. The van der Waals surface area contributed by atoms with Gasteiger partial charge in [-0.25, -0.2) is 17.5 Å². The van der Waals surface area contributed by atoms with Gasteiger partial charge in [0.1, 0.15) is 0 Å². The molecule has 0 spiro atoms. The van der Waals surface area contributed by atoms with Crippen molar-refractivity contribution in [3.8, 4) is 0 Å². The largest absolute Gasteiger partial charge is 0.336 e. The van der Waals surface area contributed by atoms with Crippen LogP contribution >= 0.6 is 11.3 Å². The van der Waals surface area contributed by atoms with Crippen LogP contribution in [0, 0.1) is 0 Å². The van der Waals surface area contributed by atoms with Crippen LogP contribution < -0.4 is 10.6 Å². The molecular weight excluding hydrogens is 348 g/mol. The molecule has 2 rings (SSSR count). The average molecular weight is 375 g/mol. The maximum atomic E-state index is 12.1. The number of likely N-dealkylation sites (N-methyl/N-ethyl adjacent to an activating group) is 1. The van der Waals surface area contributed by atoms with Crippen LogP contribution in [0.1, 0.15) is 23.8 Å². The monoisotopic (exact) mass is 374 g/mol. The van der Waals surface area contributed by atoms with Gasteiger partial charge < -0.3 is 15.5 Å². The van der Waals surface area contributed by atoms with Crippen LogP contribution in [0.4, 0.5) is 4.79 Å². The van der Waals surface area contributed by atoms with Crippen LogP contribution in [0.5, 0.6) is 0 Å². The van der Waals surface area contributed by atoms with E-state index in [2.05, 4.69) is 21.6 Å². The van der Waals surface area contributed by atoms with Crippen molar-refractivity contribution < 1.29 is 13.2 Å². The lowest BCUT2D eigenvalue weighted by molar-refractivity contribution is 0.221. The van der Waals surface area contributed by atoms with Gasteiger partial charge in [0.15, 0.2) is 0 Å². The van der Waals surface area contributed by atoms with Crippen LogP contribution in [0.15, 0.2) is 17.5 Å². The summed E-state index contributed by atoms with van der Waals surface area (Å²) in [5, 5.41) is 7.90. The third kappa shape index (κ3) is 5.44. The van der Waals surface area contributed by atoms with Gasteiger partial charge in [-0.2, -0.15) is 0 Å². The van der Waals surface area contributed by atoms with Crippen molar-refractivity contribution in [2.45, 2.75) is 24.9 Å². The number of nitrogens with one attached hydrogen (secondary N) is 2. The van der Waals surface area contributed by atoms with Gasteiger partial charge >= 0.3 is 6.03 Å². The lowest BCUT2D eigenvalue weighted by Gasteiger charge is -2.31. The maximum absolute atomic E-state index is 12.1. The molecule has 0 bridgehead atoms. The van der Waals surface area contributed by atoms with Gasteiger partial charge in [0.05, 0.1) is 12.3 Å². The van der Waals surface area contributed by atoms with Crippen molar-refractivity contribution in [2.24, 2.45) is 0 Å². The molecule has 2 heterocycles. The predicted molar refractivity (Wildman–Crippen MR) is 96.7 cm³/mol. The number of hydrogen-bond donors (Lipinski definition) is 2. The van der Waals surface area contributed by atoms with Gasteiger partial charge in [-0.1, -0.05) is 6.07 Å². The summed E-state index contributed by atoms with van der Waals surface area (Å²) in [5.41, 5.74) is 0. The second-order valence-electron chi connectivity index (χ2n) is 6.29. The van der Waals surface area contributed by atoms with Crippen LogP contribution in [-0.4, -0.2) is 69.7 Å². The van der Waals surface area contributed by atoms with Crippen LogP contribution in [0.2, 0.25) is 0 Å². The fourth-order valence-electron chi connectivity index (χ4n) is 2.78. The third-order valence-corrected chi connectivity index (χ3v) is 6.49. The molecule has 1 saturated heterocycles. The van der Waals surface area contributed by atoms with E-state index >= 15 is 0 Å². The van der Waals surface area contributed by atoms with Crippen LogP contribution in [0.25, 0.3) is 0 Å². The summed E-state index contributed by atoms with van der Waals surface area (Å²) in [6.07, 6.45) is 2.50. The highest BCUT2D eigenvalue weighted by Crippen LogP contribution is 2.22. The predicted octanol–water partition coefficient (Wildman–Crippen LogP) is 1.07. The highest BCUT2D eigenvalue weighted by Gasteiger charge is 2.26. The maximum Gasteiger partial charge on any atom is 0.315 e. The summed E-state index contributed by atoms with van der Waals surface area (Å²) >= 11 is 1.67. The van der Waals surface area contributed by atoms with E-state index in [0.717, 1.165) is 0 Å². The van der Waals surface area contributed by atoms with Crippen molar-refractivity contribution in [3.63, 3.8) is 0 Å². The van der Waals surface area contributed by atoms with Crippen LogP contribution in [0.3, 0.4) is 0 Å². The Labute approximate surface area is 148 Å². The Morgan fingerprint density at radius 1 is 1.42 bits per heavy atom. The molecule has 1 aliphatic rings. The zero-order chi connectivity index (χ0) is 17.7. The Hall–Kier alpha value is -1.16. The Morgan fingerprint density at radius 2 is 2.08 bits per heavy atom. The minimum absolute atomic E-state index is 0.0162. The highest BCUT2D eigenvalue weighted by molar-refractivity contribution is 7.88. The molecule has 0 aromatic carbocycles. The zero-order valence-corrected chi connectivity index (χ0v) is 16.0. The topological polar surface area (TPSA) is 81.8 Å². The van der Waals surface area contributed by atoms with E-state index in [1.807, 2.05) is 25.5 Å². The molecule has 1 aromatic heterocycles. The first-order valence-corrected chi connectivity index (χ1v) is 10.7. The molecule has 1 fully saturated rings. The molecule has 1 atom stereocenters. The summed E-state index contributed by atoms with van der Waals surface area (Å²) in [5.74, 6) is 0. The SMILES string of the molecule is CN(C)C(CNC(=O)NC1CCN(S(C)(=O)=O)CC1)c1cccs1. The van der Waals surface area contributed by atoms with E-state index in [4.69, 9.17) is 0 Å². The normalized spacial score (nSPS) is 18.5. The Kier molecular flexibility index (Phi) is 6.62. The fourth-order valence-corrected chi connectivity index (χ4v) is 4.57. The van der Waals surface area contributed by atoms with Crippen molar-refractivity contribution in [3.05, 3.63) is 22.4 Å². The average Bonchev–Trinajstić information content (AvgIpc) is 3.00. The molecule has 0 aliphatic carbocycles. The molecule has 24 heavy (non-hydrogen) atoms. The van der Waals surface area contributed by atoms with Gasteiger partial charge in [0.2, 0.25) is 10.0 Å². The van der Waals surface area contributed by atoms with E-state index in [9.17, 15) is 13.2 Å². The van der Waals surface area contributed by atoms with Crippen LogP contribution in [-0.2, 0) is 10.0 Å². The summed E-state index contributed by atoms with van der Waals surface area (Å²) in [7, 11) is 0.849. The lowest BCUT2D eigenvalue weighted by atomic mass is 10.1. The first kappa shape index (κ1) is 19.2. The molecule has 1 unspecified atom stereocenters. The van der Waals surface area contributed by atoms with E-state index in [-0.39, 0.29) is 18.1 Å². The molecule has 9 heteroatoms. The Morgan fingerprint density at radius 3 is 2.58 bits per heavy atom. The van der Waals surface area contributed by atoms with E-state index < -0.39 is 10.0 Å². The molecule has 7 nitrogen and oxygen atoms in total. The van der Waals surface area contributed by atoms with Crippen molar-refractivity contribution in [1.29, 1.82) is 0 Å². The smallest absolute Gasteiger partial charge is 0.315 e. The molecule has 0 saturated carbocycles. The minimum atomic E-state index is -3.13. The van der Waals surface area contributed by atoms with Gasteiger partial charge in [0.25, 0.3) is 0 Å². The number of amides is 2. The standard InChI is InChI=1S/C15H26N4O3S2/c1-18(2)13(14-5-4-10-23-14)11-16-15(20)17-12-6-8-19(9-7-12)24(3,21)22/h4-5,10,12-13H,6-9,11H2,1-3H3,(H2,16,17,20). The molecule has 1 aromatic rings.